The summed E-state index contributed by atoms with van der Waals surface area (Å²) in [4.78, 5) is 36.3. The fraction of sp³-hybridized carbons (Fsp3) is 0.273. The first-order chi connectivity index (χ1) is 10.1. The lowest BCUT2D eigenvalue weighted by Gasteiger charge is -2.15. The van der Waals surface area contributed by atoms with Gasteiger partial charge in [-0.1, -0.05) is 0 Å². The number of aromatic nitrogens is 1. The zero-order valence-electron chi connectivity index (χ0n) is 10.8. The molecule has 0 unspecified atom stereocenters. The molecule has 0 radical (unpaired) electrons. The number of rotatable bonds is 2. The van der Waals surface area contributed by atoms with Gasteiger partial charge in [-0.2, -0.15) is 13.2 Å². The van der Waals surface area contributed by atoms with Crippen LogP contribution in [0.5, 0.6) is 0 Å². The Hall–Kier alpha value is -2.85. The Kier molecular flexibility index (Phi) is 5.27. The van der Waals surface area contributed by atoms with Crippen molar-refractivity contribution in [3.8, 4) is 0 Å². The van der Waals surface area contributed by atoms with E-state index >= 15 is 0 Å². The van der Waals surface area contributed by atoms with Gasteiger partial charge in [-0.3, -0.25) is 4.79 Å². The van der Waals surface area contributed by atoms with Crippen LogP contribution in [0.4, 0.5) is 19.0 Å². The van der Waals surface area contributed by atoms with Gasteiger partial charge in [0.05, 0.1) is 6.67 Å². The molecule has 1 saturated heterocycles. The quantitative estimate of drug-likeness (QED) is 0.717. The number of hydrogen-bond acceptors (Lipinski definition) is 5. The van der Waals surface area contributed by atoms with Crippen LogP contribution in [0.15, 0.2) is 18.3 Å². The standard InChI is InChI=1S/C9H9N3O3.C2HF3O2/c13-7-4-12(5-11-7)8-6(9(14)15)2-1-3-10-8;3-2(4,5)1(6)7/h1-3H,4-5H2,(H,11,13)(H,14,15);(H,6,7). The number of nitrogens with zero attached hydrogens (tertiary/aromatic N) is 2. The number of amides is 1. The minimum absolute atomic E-state index is 0.106. The lowest BCUT2D eigenvalue weighted by Crippen LogP contribution is -2.24. The van der Waals surface area contributed by atoms with Gasteiger partial charge in [0.1, 0.15) is 17.9 Å². The maximum atomic E-state index is 11.0. The molecule has 0 atom stereocenters. The summed E-state index contributed by atoms with van der Waals surface area (Å²) in [6.07, 6.45) is -3.58. The Morgan fingerprint density at radius 3 is 2.32 bits per heavy atom. The first-order valence-corrected chi connectivity index (χ1v) is 5.63. The number of pyridine rings is 1. The molecule has 120 valence electrons. The van der Waals surface area contributed by atoms with E-state index in [2.05, 4.69) is 10.3 Å². The van der Waals surface area contributed by atoms with Crippen molar-refractivity contribution in [1.29, 1.82) is 0 Å². The topological polar surface area (TPSA) is 120 Å². The summed E-state index contributed by atoms with van der Waals surface area (Å²) in [7, 11) is 0. The van der Waals surface area contributed by atoms with Crippen molar-refractivity contribution in [3.05, 3.63) is 23.9 Å². The summed E-state index contributed by atoms with van der Waals surface area (Å²) in [5.74, 6) is -3.61. The molecule has 11 heteroatoms. The molecule has 0 aromatic carbocycles. The fourth-order valence-electron chi connectivity index (χ4n) is 1.43. The van der Waals surface area contributed by atoms with Crippen molar-refractivity contribution in [2.45, 2.75) is 6.18 Å². The second kappa shape index (κ2) is 6.74. The molecule has 3 N–H and O–H groups in total. The third kappa shape index (κ3) is 4.61. The molecule has 0 saturated carbocycles. The number of hydrogen-bond donors (Lipinski definition) is 3. The van der Waals surface area contributed by atoms with E-state index in [1.54, 1.807) is 11.0 Å². The zero-order chi connectivity index (χ0) is 16.9. The first-order valence-electron chi connectivity index (χ1n) is 5.63. The number of aromatic carboxylic acids is 1. The molecule has 2 rings (SSSR count). The largest absolute Gasteiger partial charge is 0.490 e. The molecule has 1 amide bonds. The number of carbonyl (C=O) groups excluding carboxylic acids is 1. The van der Waals surface area contributed by atoms with Crippen molar-refractivity contribution >= 4 is 23.7 Å². The van der Waals surface area contributed by atoms with Gasteiger partial charge in [0.15, 0.2) is 0 Å². The highest BCUT2D eigenvalue weighted by Gasteiger charge is 2.38. The minimum atomic E-state index is -5.08. The van der Waals surface area contributed by atoms with Gasteiger partial charge in [0.25, 0.3) is 0 Å². The molecule has 8 nitrogen and oxygen atoms in total. The predicted octanol–water partition coefficient (Wildman–Crippen LogP) is 0.307. The normalized spacial score (nSPS) is 14.0. The van der Waals surface area contributed by atoms with Crippen LogP contribution in [-0.2, 0) is 9.59 Å². The molecule has 0 aliphatic carbocycles. The Labute approximate surface area is 121 Å². The van der Waals surface area contributed by atoms with Gasteiger partial charge in [0, 0.05) is 6.20 Å². The Morgan fingerprint density at radius 1 is 1.32 bits per heavy atom. The van der Waals surface area contributed by atoms with E-state index in [-0.39, 0.29) is 18.0 Å². The molecule has 2 heterocycles. The number of carboxylic acid groups (broad SMARTS) is 2. The zero-order valence-corrected chi connectivity index (χ0v) is 10.8. The molecule has 1 aliphatic rings. The lowest BCUT2D eigenvalue weighted by atomic mass is 10.2. The van der Waals surface area contributed by atoms with E-state index in [0.717, 1.165) is 0 Å². The molecule has 0 spiro atoms. The summed E-state index contributed by atoms with van der Waals surface area (Å²) in [5, 5.41) is 18.6. The molecular formula is C11H10F3N3O5. The van der Waals surface area contributed by atoms with Crippen molar-refractivity contribution in [2.24, 2.45) is 0 Å². The van der Waals surface area contributed by atoms with E-state index in [4.69, 9.17) is 15.0 Å². The molecule has 22 heavy (non-hydrogen) atoms. The third-order valence-corrected chi connectivity index (χ3v) is 2.36. The smallest absolute Gasteiger partial charge is 0.478 e. The Morgan fingerprint density at radius 2 is 1.91 bits per heavy atom. The summed E-state index contributed by atoms with van der Waals surface area (Å²) >= 11 is 0. The highest BCUT2D eigenvalue weighted by Crippen LogP contribution is 2.17. The number of alkyl halides is 3. The number of carboxylic acids is 2. The van der Waals surface area contributed by atoms with Crippen molar-refractivity contribution in [1.82, 2.24) is 10.3 Å². The predicted molar refractivity (Wildman–Crippen MR) is 65.2 cm³/mol. The lowest BCUT2D eigenvalue weighted by molar-refractivity contribution is -0.192. The summed E-state index contributed by atoms with van der Waals surface area (Å²) in [6, 6.07) is 3.02. The van der Waals surface area contributed by atoms with E-state index in [1.807, 2.05) is 0 Å². The van der Waals surface area contributed by atoms with Gasteiger partial charge in [-0.05, 0) is 12.1 Å². The van der Waals surface area contributed by atoms with Crippen molar-refractivity contribution < 1.29 is 37.8 Å². The van der Waals surface area contributed by atoms with Crippen LogP contribution in [0, 0.1) is 0 Å². The molecular weight excluding hydrogens is 311 g/mol. The van der Waals surface area contributed by atoms with Crippen LogP contribution in [0.25, 0.3) is 0 Å². The molecule has 1 aromatic rings. The number of nitrogens with one attached hydrogen (secondary N) is 1. The summed E-state index contributed by atoms with van der Waals surface area (Å²) < 4.78 is 31.7. The van der Waals surface area contributed by atoms with Crippen LogP contribution >= 0.6 is 0 Å². The maximum Gasteiger partial charge on any atom is 0.490 e. The van der Waals surface area contributed by atoms with Crippen LogP contribution in [0.1, 0.15) is 10.4 Å². The second-order valence-electron chi connectivity index (χ2n) is 3.94. The average Bonchev–Trinajstić information content (AvgIpc) is 2.85. The molecule has 1 aromatic heterocycles. The SMILES string of the molecule is O=C(O)C(F)(F)F.O=C1CN(c2ncccc2C(=O)O)CN1. The number of carbonyl (C=O) groups is 3. The van der Waals surface area contributed by atoms with E-state index < -0.39 is 18.1 Å². The van der Waals surface area contributed by atoms with Crippen molar-refractivity contribution in [3.63, 3.8) is 0 Å². The van der Waals surface area contributed by atoms with Gasteiger partial charge in [-0.15, -0.1) is 0 Å². The highest BCUT2D eigenvalue weighted by atomic mass is 19.4. The Bertz CT molecular complexity index is 591. The van der Waals surface area contributed by atoms with E-state index in [0.29, 0.717) is 12.5 Å². The molecule has 0 bridgehead atoms. The number of anilines is 1. The average molecular weight is 321 g/mol. The molecule has 1 fully saturated rings. The summed E-state index contributed by atoms with van der Waals surface area (Å²) in [6.45, 7) is 0.452. The van der Waals surface area contributed by atoms with Gasteiger partial charge in [0.2, 0.25) is 5.91 Å². The van der Waals surface area contributed by atoms with Crippen LogP contribution in [-0.4, -0.2) is 52.4 Å². The third-order valence-electron chi connectivity index (χ3n) is 2.36. The second-order valence-corrected chi connectivity index (χ2v) is 3.94. The molecule has 1 aliphatic heterocycles. The van der Waals surface area contributed by atoms with E-state index in [1.165, 1.54) is 12.3 Å². The highest BCUT2D eigenvalue weighted by molar-refractivity contribution is 5.95. The monoisotopic (exact) mass is 321 g/mol. The summed E-state index contributed by atoms with van der Waals surface area (Å²) in [5.41, 5.74) is 0.106. The number of halogens is 3. The van der Waals surface area contributed by atoms with Crippen LogP contribution < -0.4 is 10.2 Å². The fourth-order valence-corrected chi connectivity index (χ4v) is 1.43. The van der Waals surface area contributed by atoms with Crippen molar-refractivity contribution in [2.75, 3.05) is 18.1 Å². The van der Waals surface area contributed by atoms with Crippen LogP contribution in [0.3, 0.4) is 0 Å². The Balaban J connectivity index is 0.000000295. The maximum absolute atomic E-state index is 11.0. The van der Waals surface area contributed by atoms with Gasteiger partial charge < -0.3 is 20.4 Å². The minimum Gasteiger partial charge on any atom is -0.478 e. The van der Waals surface area contributed by atoms with Gasteiger partial charge in [-0.25, -0.2) is 14.6 Å². The van der Waals surface area contributed by atoms with Crippen LogP contribution in [0.2, 0.25) is 0 Å². The first kappa shape index (κ1) is 17.2. The van der Waals surface area contributed by atoms with E-state index in [9.17, 15) is 22.8 Å². The number of aliphatic carboxylic acids is 1. The van der Waals surface area contributed by atoms with Gasteiger partial charge >= 0.3 is 18.1 Å².